The Balaban J connectivity index is 1.58. The molecule has 11 heteroatoms. The lowest BCUT2D eigenvalue weighted by atomic mass is 10.1. The van der Waals surface area contributed by atoms with Gasteiger partial charge in [0.25, 0.3) is 0 Å². The topological polar surface area (TPSA) is 88.1 Å². The van der Waals surface area contributed by atoms with Crippen LogP contribution in [0.3, 0.4) is 0 Å². The average molecular weight is 605 g/mol. The molecule has 0 bridgehead atoms. The number of carbonyl (C=O) groups excluding carboxylic acids is 1. The van der Waals surface area contributed by atoms with Gasteiger partial charge in [-0.25, -0.2) is 9.59 Å². The van der Waals surface area contributed by atoms with Gasteiger partial charge in [-0.2, -0.15) is 24.9 Å². The number of halogens is 3. The van der Waals surface area contributed by atoms with Gasteiger partial charge in [-0.1, -0.05) is 54.6 Å². The largest absolute Gasteiger partial charge is 0.492 e. The molecule has 42 heavy (non-hydrogen) atoms. The van der Waals surface area contributed by atoms with Crippen molar-refractivity contribution in [2.24, 2.45) is 0 Å². The Bertz CT molecular complexity index is 1260. The second-order valence-corrected chi connectivity index (χ2v) is 10.4. The minimum atomic E-state index is -4.61. The number of nitrogens with one attached hydrogen (secondary N) is 1. The van der Waals surface area contributed by atoms with Crippen LogP contribution in [0.25, 0.3) is 0 Å². The van der Waals surface area contributed by atoms with Crippen LogP contribution in [0, 0.1) is 0 Å². The summed E-state index contributed by atoms with van der Waals surface area (Å²) in [5, 5.41) is 11.7. The van der Waals surface area contributed by atoms with E-state index in [-0.39, 0.29) is 31.9 Å². The number of rotatable bonds is 16. The van der Waals surface area contributed by atoms with Crippen molar-refractivity contribution >= 4 is 29.4 Å². The molecule has 226 valence electrons. The lowest BCUT2D eigenvalue weighted by Crippen LogP contribution is -2.39. The molecule has 0 aliphatic heterocycles. The molecule has 7 nitrogen and oxygen atoms in total. The molecule has 0 saturated heterocycles. The standard InChI is InChI=1S/C31H35F3N2O5S/c1-2-40-28(29(37)38)21-23-13-15-25(16-14-23)41-19-18-36(17-8-20-42-22-24-9-4-3-5-10-24)30(39)35-27-12-7-6-11-26(27)31(32,33)34/h3-7,9-16,28H,2,8,17-22H2,1H3,(H,35,39)(H,37,38). The predicted octanol–water partition coefficient (Wildman–Crippen LogP) is 6.97. The summed E-state index contributed by atoms with van der Waals surface area (Å²) in [5.41, 5.74) is 0.737. The molecule has 3 aromatic carbocycles. The number of hydrogen-bond acceptors (Lipinski definition) is 5. The molecule has 0 aliphatic rings. The number of hydrogen-bond donors (Lipinski definition) is 2. The first-order chi connectivity index (χ1) is 20.2. The molecule has 0 radical (unpaired) electrons. The van der Waals surface area contributed by atoms with E-state index in [1.165, 1.54) is 28.7 Å². The van der Waals surface area contributed by atoms with Crippen LogP contribution in [0.2, 0.25) is 0 Å². The van der Waals surface area contributed by atoms with Gasteiger partial charge in [-0.05, 0) is 54.5 Å². The molecule has 1 atom stereocenters. The number of alkyl halides is 3. The first-order valence-electron chi connectivity index (χ1n) is 13.6. The second-order valence-electron chi connectivity index (χ2n) is 9.33. The second kappa shape index (κ2) is 16.7. The SMILES string of the molecule is CCOC(Cc1ccc(OCCN(CCCSCc2ccccc2)C(=O)Nc2ccccc2C(F)(F)F)cc1)C(=O)O. The Morgan fingerprint density at radius 3 is 2.31 bits per heavy atom. The Hall–Kier alpha value is -3.70. The van der Waals surface area contributed by atoms with E-state index in [9.17, 15) is 27.9 Å². The number of amides is 2. The third kappa shape index (κ3) is 10.9. The Labute approximate surface area is 248 Å². The van der Waals surface area contributed by atoms with Gasteiger partial charge in [-0.3, -0.25) is 0 Å². The number of thioether (sulfide) groups is 1. The molecule has 3 rings (SSSR count). The van der Waals surface area contributed by atoms with Crippen LogP contribution in [0.15, 0.2) is 78.9 Å². The van der Waals surface area contributed by atoms with Crippen LogP contribution in [0.4, 0.5) is 23.7 Å². The fourth-order valence-corrected chi connectivity index (χ4v) is 5.00. The van der Waals surface area contributed by atoms with Gasteiger partial charge in [-0.15, -0.1) is 0 Å². The predicted molar refractivity (Wildman–Crippen MR) is 158 cm³/mol. The summed E-state index contributed by atoms with van der Waals surface area (Å²) in [6.07, 6.45) is -4.70. The molecule has 0 fully saturated rings. The van der Waals surface area contributed by atoms with Gasteiger partial charge < -0.3 is 24.8 Å². The van der Waals surface area contributed by atoms with Crippen molar-refractivity contribution in [3.63, 3.8) is 0 Å². The fraction of sp³-hybridized carbons (Fsp3) is 0.355. The average Bonchev–Trinajstić information content (AvgIpc) is 2.97. The van der Waals surface area contributed by atoms with Gasteiger partial charge >= 0.3 is 18.2 Å². The van der Waals surface area contributed by atoms with Crippen molar-refractivity contribution in [3.8, 4) is 5.75 Å². The molecule has 0 spiro atoms. The summed E-state index contributed by atoms with van der Waals surface area (Å²) in [6, 6.07) is 21.1. The summed E-state index contributed by atoms with van der Waals surface area (Å²) >= 11 is 1.72. The lowest BCUT2D eigenvalue weighted by molar-refractivity contribution is -0.150. The fourth-order valence-electron chi connectivity index (χ4n) is 4.10. The maximum atomic E-state index is 13.5. The zero-order valence-electron chi connectivity index (χ0n) is 23.3. The summed E-state index contributed by atoms with van der Waals surface area (Å²) in [5.74, 6) is 1.07. The van der Waals surface area contributed by atoms with Crippen molar-refractivity contribution < 1.29 is 37.3 Å². The number of ether oxygens (including phenoxy) is 2. The van der Waals surface area contributed by atoms with E-state index in [2.05, 4.69) is 5.32 Å². The smallest absolute Gasteiger partial charge is 0.418 e. The minimum Gasteiger partial charge on any atom is -0.492 e. The van der Waals surface area contributed by atoms with E-state index >= 15 is 0 Å². The first-order valence-corrected chi connectivity index (χ1v) is 14.7. The molecule has 1 unspecified atom stereocenters. The van der Waals surface area contributed by atoms with Gasteiger partial charge in [0.1, 0.15) is 12.4 Å². The Kier molecular flexibility index (Phi) is 13.0. The van der Waals surface area contributed by atoms with Gasteiger partial charge in [0.05, 0.1) is 17.8 Å². The lowest BCUT2D eigenvalue weighted by Gasteiger charge is -2.24. The van der Waals surface area contributed by atoms with E-state index in [4.69, 9.17) is 9.47 Å². The van der Waals surface area contributed by atoms with E-state index in [1.54, 1.807) is 43.0 Å². The molecule has 0 heterocycles. The maximum absolute atomic E-state index is 13.5. The van der Waals surface area contributed by atoms with E-state index < -0.39 is 29.8 Å². The van der Waals surface area contributed by atoms with Gasteiger partial charge in [0.2, 0.25) is 0 Å². The Morgan fingerprint density at radius 1 is 0.952 bits per heavy atom. The monoisotopic (exact) mass is 604 g/mol. The van der Waals surface area contributed by atoms with Gasteiger partial charge in [0, 0.05) is 25.3 Å². The third-order valence-corrected chi connectivity index (χ3v) is 7.32. The molecule has 0 aromatic heterocycles. The van der Waals surface area contributed by atoms with E-state index in [1.807, 2.05) is 30.3 Å². The van der Waals surface area contributed by atoms with Crippen molar-refractivity contribution in [2.75, 3.05) is 37.4 Å². The number of urea groups is 1. The maximum Gasteiger partial charge on any atom is 0.418 e. The van der Waals surface area contributed by atoms with Crippen LogP contribution in [-0.4, -0.2) is 60.2 Å². The van der Waals surface area contributed by atoms with Gasteiger partial charge in [0.15, 0.2) is 6.10 Å². The molecule has 0 aliphatic carbocycles. The van der Waals surface area contributed by atoms with E-state index in [0.717, 1.165) is 23.1 Å². The highest BCUT2D eigenvalue weighted by atomic mass is 32.2. The third-order valence-electron chi connectivity index (χ3n) is 6.21. The van der Waals surface area contributed by atoms with Crippen molar-refractivity contribution in [3.05, 3.63) is 95.6 Å². The first kappa shape index (κ1) is 32.8. The van der Waals surface area contributed by atoms with Crippen LogP contribution in [-0.2, 0) is 27.9 Å². The van der Waals surface area contributed by atoms with Crippen molar-refractivity contribution in [1.82, 2.24) is 4.90 Å². The highest BCUT2D eigenvalue weighted by Crippen LogP contribution is 2.34. The summed E-state index contributed by atoms with van der Waals surface area (Å²) in [6.45, 7) is 2.61. The highest BCUT2D eigenvalue weighted by molar-refractivity contribution is 7.98. The van der Waals surface area contributed by atoms with Crippen LogP contribution < -0.4 is 10.1 Å². The zero-order chi connectivity index (χ0) is 30.4. The number of para-hydroxylation sites is 1. The Morgan fingerprint density at radius 2 is 1.64 bits per heavy atom. The molecular weight excluding hydrogens is 569 g/mol. The quantitative estimate of drug-likeness (QED) is 0.172. The number of benzene rings is 3. The van der Waals surface area contributed by atoms with Crippen molar-refractivity contribution in [1.29, 1.82) is 0 Å². The van der Waals surface area contributed by atoms with Crippen LogP contribution in [0.1, 0.15) is 30.0 Å². The van der Waals surface area contributed by atoms with E-state index in [0.29, 0.717) is 18.7 Å². The number of carboxylic acid groups (broad SMARTS) is 1. The molecular formula is C31H35F3N2O5S. The zero-order valence-corrected chi connectivity index (χ0v) is 24.1. The highest BCUT2D eigenvalue weighted by Gasteiger charge is 2.34. The molecule has 3 aromatic rings. The summed E-state index contributed by atoms with van der Waals surface area (Å²) in [7, 11) is 0. The summed E-state index contributed by atoms with van der Waals surface area (Å²) in [4.78, 5) is 25.9. The van der Waals surface area contributed by atoms with Crippen LogP contribution >= 0.6 is 11.8 Å². The molecule has 0 saturated carbocycles. The molecule has 2 amide bonds. The van der Waals surface area contributed by atoms with Crippen LogP contribution in [0.5, 0.6) is 5.75 Å². The number of carboxylic acids is 1. The minimum absolute atomic E-state index is 0.113. The number of nitrogens with zero attached hydrogens (tertiary/aromatic N) is 1. The van der Waals surface area contributed by atoms with Crippen molar-refractivity contribution in [2.45, 2.75) is 37.8 Å². The number of aliphatic carboxylic acids is 1. The molecule has 2 N–H and O–H groups in total. The summed E-state index contributed by atoms with van der Waals surface area (Å²) < 4.78 is 51.5. The normalized spacial score (nSPS) is 12.0. The number of carbonyl (C=O) groups is 2. The number of anilines is 1.